The lowest BCUT2D eigenvalue weighted by Gasteiger charge is -2.14. The quantitative estimate of drug-likeness (QED) is 0.904. The fourth-order valence-electron chi connectivity index (χ4n) is 2.20. The van der Waals surface area contributed by atoms with Crippen LogP contribution >= 0.6 is 0 Å². The van der Waals surface area contributed by atoms with Gasteiger partial charge in [0.05, 0.1) is 6.26 Å². The molecule has 0 aliphatic heterocycles. The highest BCUT2D eigenvalue weighted by Crippen LogP contribution is 2.30. The molecule has 3 rings (SSSR count). The van der Waals surface area contributed by atoms with E-state index >= 15 is 0 Å². The number of furan rings is 1. The molecule has 5 nitrogen and oxygen atoms in total. The number of aromatic carboxylic acids is 1. The van der Waals surface area contributed by atoms with Crippen LogP contribution in [0.5, 0.6) is 0 Å². The summed E-state index contributed by atoms with van der Waals surface area (Å²) in [5, 5.41) is 9.02. The van der Waals surface area contributed by atoms with E-state index in [-0.39, 0.29) is 34.0 Å². The predicted octanol–water partition coefficient (Wildman–Crippen LogP) is 2.44. The molecule has 1 heterocycles. The summed E-state index contributed by atoms with van der Waals surface area (Å²) in [4.78, 5) is 35.4. The molecule has 1 aromatic carbocycles. The molecule has 1 aliphatic carbocycles. The van der Waals surface area contributed by atoms with Crippen molar-refractivity contribution < 1.29 is 23.9 Å². The molecule has 0 radical (unpaired) electrons. The van der Waals surface area contributed by atoms with Crippen LogP contribution in [0, 0.1) is 0 Å². The van der Waals surface area contributed by atoms with Gasteiger partial charge in [-0.2, -0.15) is 0 Å². The molecule has 0 amide bonds. The van der Waals surface area contributed by atoms with Gasteiger partial charge in [0.1, 0.15) is 0 Å². The van der Waals surface area contributed by atoms with Gasteiger partial charge in [0.15, 0.2) is 11.6 Å². The monoisotopic (exact) mass is 268 g/mol. The van der Waals surface area contributed by atoms with Crippen LogP contribution in [-0.4, -0.2) is 22.6 Å². The van der Waals surface area contributed by atoms with E-state index in [2.05, 4.69) is 0 Å². The van der Waals surface area contributed by atoms with Crippen molar-refractivity contribution in [3.8, 4) is 0 Å². The van der Waals surface area contributed by atoms with Crippen LogP contribution in [0.1, 0.15) is 36.8 Å². The van der Waals surface area contributed by atoms with Crippen molar-refractivity contribution >= 4 is 23.1 Å². The summed E-state index contributed by atoms with van der Waals surface area (Å²) >= 11 is 0. The molecule has 5 heteroatoms. The molecule has 0 fully saturated rings. The summed E-state index contributed by atoms with van der Waals surface area (Å²) in [7, 11) is 0. The van der Waals surface area contributed by atoms with Crippen LogP contribution in [-0.2, 0) is 0 Å². The van der Waals surface area contributed by atoms with Crippen LogP contribution in [0.3, 0.4) is 0 Å². The highest BCUT2D eigenvalue weighted by atomic mass is 16.4. The van der Waals surface area contributed by atoms with Crippen molar-refractivity contribution in [2.45, 2.75) is 0 Å². The molecular formula is C15H8O5. The third-order valence-electron chi connectivity index (χ3n) is 3.11. The van der Waals surface area contributed by atoms with Gasteiger partial charge in [-0.3, -0.25) is 9.59 Å². The zero-order valence-corrected chi connectivity index (χ0v) is 10.1. The van der Waals surface area contributed by atoms with E-state index in [0.717, 1.165) is 6.08 Å². The summed E-state index contributed by atoms with van der Waals surface area (Å²) in [5.41, 5.74) is 0.749. The van der Waals surface area contributed by atoms with Crippen molar-refractivity contribution in [2.75, 3.05) is 0 Å². The van der Waals surface area contributed by atoms with Crippen LogP contribution in [0.25, 0.3) is 5.57 Å². The van der Waals surface area contributed by atoms with Gasteiger partial charge >= 0.3 is 5.97 Å². The normalized spacial score (nSPS) is 13.9. The van der Waals surface area contributed by atoms with E-state index in [4.69, 9.17) is 9.52 Å². The molecule has 1 aromatic heterocycles. The van der Waals surface area contributed by atoms with Crippen molar-refractivity contribution in [3.63, 3.8) is 0 Å². The number of rotatable bonds is 2. The first-order valence-electron chi connectivity index (χ1n) is 5.80. The van der Waals surface area contributed by atoms with Crippen molar-refractivity contribution in [1.29, 1.82) is 0 Å². The molecule has 0 bridgehead atoms. The van der Waals surface area contributed by atoms with E-state index in [1.807, 2.05) is 0 Å². The SMILES string of the molecule is O=C1C=C(c2ccoc2C(=O)O)C(=O)c2ccccc21. The average Bonchev–Trinajstić information content (AvgIpc) is 2.92. The number of benzene rings is 1. The van der Waals surface area contributed by atoms with E-state index in [1.165, 1.54) is 12.3 Å². The molecule has 0 saturated carbocycles. The fraction of sp³-hybridized carbons (Fsp3) is 0. The molecular weight excluding hydrogens is 260 g/mol. The molecule has 0 atom stereocenters. The second-order valence-corrected chi connectivity index (χ2v) is 4.27. The van der Waals surface area contributed by atoms with Gasteiger partial charge in [0, 0.05) is 22.3 Å². The highest BCUT2D eigenvalue weighted by molar-refractivity contribution is 6.39. The first-order valence-corrected chi connectivity index (χ1v) is 5.80. The van der Waals surface area contributed by atoms with Crippen LogP contribution in [0.4, 0.5) is 0 Å². The first kappa shape index (κ1) is 12.1. The van der Waals surface area contributed by atoms with Gasteiger partial charge in [0.2, 0.25) is 5.76 Å². The fourth-order valence-corrected chi connectivity index (χ4v) is 2.20. The Morgan fingerprint density at radius 1 is 1.00 bits per heavy atom. The Morgan fingerprint density at radius 3 is 2.40 bits per heavy atom. The van der Waals surface area contributed by atoms with Gasteiger partial charge < -0.3 is 9.52 Å². The van der Waals surface area contributed by atoms with Gasteiger partial charge in [-0.25, -0.2) is 4.79 Å². The standard InChI is InChI=1S/C15H8O5/c16-12-7-11(10-5-6-20-14(10)15(18)19)13(17)9-4-2-1-3-8(9)12/h1-7H,(H,18,19). The zero-order chi connectivity index (χ0) is 14.3. The number of allylic oxidation sites excluding steroid dienone is 2. The van der Waals surface area contributed by atoms with Crippen molar-refractivity contribution in [1.82, 2.24) is 0 Å². The Balaban J connectivity index is 2.18. The second-order valence-electron chi connectivity index (χ2n) is 4.27. The van der Waals surface area contributed by atoms with Gasteiger partial charge in [0.25, 0.3) is 0 Å². The summed E-state index contributed by atoms with van der Waals surface area (Å²) in [6.45, 7) is 0. The van der Waals surface area contributed by atoms with Gasteiger partial charge in [-0.15, -0.1) is 0 Å². The number of hydrogen-bond acceptors (Lipinski definition) is 4. The summed E-state index contributed by atoms with van der Waals surface area (Å²) in [6, 6.07) is 7.80. The number of Topliss-reactive ketones (excluding diaryl/α,β-unsaturated/α-hetero) is 1. The van der Waals surface area contributed by atoms with Crippen LogP contribution in [0.2, 0.25) is 0 Å². The minimum absolute atomic E-state index is 0.0415. The third kappa shape index (κ3) is 1.68. The minimum atomic E-state index is -1.29. The Kier molecular flexibility index (Phi) is 2.61. The molecule has 20 heavy (non-hydrogen) atoms. The summed E-state index contributed by atoms with van der Waals surface area (Å²) in [6.07, 6.45) is 2.33. The van der Waals surface area contributed by atoms with Crippen molar-refractivity contribution in [2.24, 2.45) is 0 Å². The lowest BCUT2D eigenvalue weighted by molar-refractivity contribution is 0.0661. The molecule has 1 aliphatic rings. The molecule has 98 valence electrons. The van der Waals surface area contributed by atoms with Crippen molar-refractivity contribution in [3.05, 3.63) is 65.1 Å². The maximum absolute atomic E-state index is 12.4. The first-order chi connectivity index (χ1) is 9.59. The Morgan fingerprint density at radius 2 is 1.70 bits per heavy atom. The predicted molar refractivity (Wildman–Crippen MR) is 68.7 cm³/mol. The van der Waals surface area contributed by atoms with E-state index < -0.39 is 5.97 Å². The lowest BCUT2D eigenvalue weighted by atomic mass is 9.86. The summed E-state index contributed by atoms with van der Waals surface area (Å²) in [5.74, 6) is -2.35. The van der Waals surface area contributed by atoms with E-state index in [1.54, 1.807) is 24.3 Å². The van der Waals surface area contributed by atoms with Crippen LogP contribution in [0.15, 0.2) is 47.1 Å². The molecule has 1 N–H and O–H groups in total. The van der Waals surface area contributed by atoms with E-state index in [9.17, 15) is 14.4 Å². The Labute approximate surface area is 113 Å². The molecule has 2 aromatic rings. The smallest absolute Gasteiger partial charge is 0.372 e. The topological polar surface area (TPSA) is 84.6 Å². The number of carbonyl (C=O) groups is 3. The summed E-state index contributed by atoms with van der Waals surface area (Å²) < 4.78 is 4.85. The molecule has 0 unspecified atom stereocenters. The third-order valence-corrected chi connectivity index (χ3v) is 3.11. The number of carboxylic acid groups (broad SMARTS) is 1. The number of fused-ring (bicyclic) bond motifs is 1. The molecule has 0 saturated heterocycles. The van der Waals surface area contributed by atoms with Gasteiger partial charge in [-0.05, 0) is 12.1 Å². The lowest BCUT2D eigenvalue weighted by Crippen LogP contribution is -2.17. The maximum atomic E-state index is 12.4. The molecule has 0 spiro atoms. The number of hydrogen-bond donors (Lipinski definition) is 1. The number of carboxylic acids is 1. The number of ketones is 2. The van der Waals surface area contributed by atoms with Crippen LogP contribution < -0.4 is 0 Å². The Bertz CT molecular complexity index is 779. The number of carbonyl (C=O) groups excluding carboxylic acids is 2. The maximum Gasteiger partial charge on any atom is 0.372 e. The average molecular weight is 268 g/mol. The minimum Gasteiger partial charge on any atom is -0.475 e. The van der Waals surface area contributed by atoms with E-state index in [0.29, 0.717) is 5.56 Å². The second kappa shape index (κ2) is 4.31. The highest BCUT2D eigenvalue weighted by Gasteiger charge is 2.29. The largest absolute Gasteiger partial charge is 0.475 e. The van der Waals surface area contributed by atoms with Gasteiger partial charge in [-0.1, -0.05) is 24.3 Å². The zero-order valence-electron chi connectivity index (χ0n) is 10.1. The Hall–Kier alpha value is -2.95.